The second kappa shape index (κ2) is 6.70. The molecule has 1 unspecified atom stereocenters. The van der Waals surface area contributed by atoms with Gasteiger partial charge in [-0.25, -0.2) is 0 Å². The molecule has 4 nitrogen and oxygen atoms in total. The maximum atomic E-state index is 10.8. The number of rotatable bonds is 6. The van der Waals surface area contributed by atoms with Crippen LogP contribution in [-0.2, 0) is 6.42 Å². The van der Waals surface area contributed by atoms with Gasteiger partial charge in [-0.05, 0) is 24.5 Å². The fourth-order valence-electron chi connectivity index (χ4n) is 2.14. The van der Waals surface area contributed by atoms with Crippen molar-refractivity contribution in [1.29, 1.82) is 0 Å². The summed E-state index contributed by atoms with van der Waals surface area (Å²) in [5.74, 6) is 0. The second-order valence-corrected chi connectivity index (χ2v) is 4.75. The van der Waals surface area contributed by atoms with Crippen molar-refractivity contribution < 1.29 is 4.92 Å². The van der Waals surface area contributed by atoms with Crippen LogP contribution in [0.4, 0.5) is 11.4 Å². The van der Waals surface area contributed by atoms with Crippen molar-refractivity contribution in [2.24, 2.45) is 0 Å². The molecule has 2 aromatic rings. The molecule has 0 saturated carbocycles. The molecule has 0 aliphatic carbocycles. The summed E-state index contributed by atoms with van der Waals surface area (Å²) in [6, 6.07) is 17.1. The van der Waals surface area contributed by atoms with Crippen LogP contribution in [0.5, 0.6) is 0 Å². The van der Waals surface area contributed by atoms with Crippen molar-refractivity contribution in [3.05, 3.63) is 70.3 Å². The van der Waals surface area contributed by atoms with Gasteiger partial charge in [0.1, 0.15) is 0 Å². The van der Waals surface area contributed by atoms with Gasteiger partial charge in [0.15, 0.2) is 0 Å². The number of anilines is 1. The standard InChI is InChI=1S/C16H18N2O2/c1-2-14(11-13-7-4-3-5-8-13)17-15-9-6-10-16(12-15)18(19)20/h3-10,12,14,17H,2,11H2,1H3. The highest BCUT2D eigenvalue weighted by atomic mass is 16.6. The molecule has 0 bridgehead atoms. The van der Waals surface area contributed by atoms with Crippen LogP contribution in [0.25, 0.3) is 0 Å². The normalized spacial score (nSPS) is 11.8. The lowest BCUT2D eigenvalue weighted by molar-refractivity contribution is -0.384. The van der Waals surface area contributed by atoms with Crippen molar-refractivity contribution in [1.82, 2.24) is 0 Å². The zero-order chi connectivity index (χ0) is 14.4. The van der Waals surface area contributed by atoms with Gasteiger partial charge in [0, 0.05) is 23.9 Å². The third-order valence-corrected chi connectivity index (χ3v) is 3.25. The molecule has 20 heavy (non-hydrogen) atoms. The molecule has 104 valence electrons. The van der Waals surface area contributed by atoms with Gasteiger partial charge < -0.3 is 5.32 Å². The third kappa shape index (κ3) is 3.82. The van der Waals surface area contributed by atoms with Gasteiger partial charge in [0.05, 0.1) is 4.92 Å². The highest BCUT2D eigenvalue weighted by Gasteiger charge is 2.10. The summed E-state index contributed by atoms with van der Waals surface area (Å²) in [4.78, 5) is 10.4. The van der Waals surface area contributed by atoms with E-state index < -0.39 is 0 Å². The SMILES string of the molecule is CCC(Cc1ccccc1)Nc1cccc([N+](=O)[O-])c1. The van der Waals surface area contributed by atoms with Crippen LogP contribution in [0.3, 0.4) is 0 Å². The predicted octanol–water partition coefficient (Wildman–Crippen LogP) is 4.03. The van der Waals surface area contributed by atoms with Crippen LogP contribution in [0, 0.1) is 10.1 Å². The first-order valence-electron chi connectivity index (χ1n) is 6.74. The first-order chi connectivity index (χ1) is 9.69. The number of nitrogens with zero attached hydrogens (tertiary/aromatic N) is 1. The smallest absolute Gasteiger partial charge is 0.271 e. The van der Waals surface area contributed by atoms with E-state index >= 15 is 0 Å². The van der Waals surface area contributed by atoms with E-state index in [1.165, 1.54) is 11.6 Å². The molecule has 1 N–H and O–H groups in total. The van der Waals surface area contributed by atoms with Crippen LogP contribution < -0.4 is 5.32 Å². The molecular formula is C16H18N2O2. The quantitative estimate of drug-likeness (QED) is 0.637. The number of nitro groups is 1. The van der Waals surface area contributed by atoms with Crippen molar-refractivity contribution in [2.45, 2.75) is 25.8 Å². The fourth-order valence-corrected chi connectivity index (χ4v) is 2.14. The maximum Gasteiger partial charge on any atom is 0.271 e. The number of nitrogens with one attached hydrogen (secondary N) is 1. The molecule has 0 fully saturated rings. The van der Waals surface area contributed by atoms with Crippen molar-refractivity contribution in [3.63, 3.8) is 0 Å². The van der Waals surface area contributed by atoms with Crippen LogP contribution >= 0.6 is 0 Å². The zero-order valence-corrected chi connectivity index (χ0v) is 11.5. The summed E-state index contributed by atoms with van der Waals surface area (Å²) in [6.07, 6.45) is 1.86. The predicted molar refractivity (Wildman–Crippen MR) is 80.9 cm³/mol. The lowest BCUT2D eigenvalue weighted by Gasteiger charge is -2.18. The maximum absolute atomic E-state index is 10.8. The minimum absolute atomic E-state index is 0.115. The average molecular weight is 270 g/mol. The molecule has 2 aromatic carbocycles. The van der Waals surface area contributed by atoms with Crippen LogP contribution in [0.1, 0.15) is 18.9 Å². The molecule has 0 aliphatic rings. The largest absolute Gasteiger partial charge is 0.382 e. The lowest BCUT2D eigenvalue weighted by atomic mass is 10.0. The van der Waals surface area contributed by atoms with E-state index in [9.17, 15) is 10.1 Å². The first-order valence-corrected chi connectivity index (χ1v) is 6.74. The van der Waals surface area contributed by atoms with Crippen LogP contribution in [0.15, 0.2) is 54.6 Å². The van der Waals surface area contributed by atoms with Crippen molar-refractivity contribution >= 4 is 11.4 Å². The van der Waals surface area contributed by atoms with Crippen molar-refractivity contribution in [2.75, 3.05) is 5.32 Å². The van der Waals surface area contributed by atoms with Gasteiger partial charge in [-0.3, -0.25) is 10.1 Å². The molecule has 0 heterocycles. The Balaban J connectivity index is 2.06. The molecule has 0 aliphatic heterocycles. The Labute approximate surface area is 118 Å². The third-order valence-electron chi connectivity index (χ3n) is 3.25. The van der Waals surface area contributed by atoms with Gasteiger partial charge in [0.25, 0.3) is 5.69 Å². The first kappa shape index (κ1) is 14.1. The van der Waals surface area contributed by atoms with E-state index in [1.54, 1.807) is 12.1 Å². The van der Waals surface area contributed by atoms with E-state index in [0.717, 1.165) is 18.5 Å². The summed E-state index contributed by atoms with van der Waals surface area (Å²) >= 11 is 0. The van der Waals surface area contributed by atoms with Gasteiger partial charge in [-0.15, -0.1) is 0 Å². The minimum Gasteiger partial charge on any atom is -0.382 e. The Kier molecular flexibility index (Phi) is 4.71. The monoisotopic (exact) mass is 270 g/mol. The second-order valence-electron chi connectivity index (χ2n) is 4.75. The highest BCUT2D eigenvalue weighted by molar-refractivity contribution is 5.51. The van der Waals surface area contributed by atoms with Gasteiger partial charge in [0.2, 0.25) is 0 Å². The summed E-state index contributed by atoms with van der Waals surface area (Å²) < 4.78 is 0. The van der Waals surface area contributed by atoms with Gasteiger partial charge in [-0.2, -0.15) is 0 Å². The van der Waals surface area contributed by atoms with Crippen LogP contribution in [-0.4, -0.2) is 11.0 Å². The van der Waals surface area contributed by atoms with E-state index in [2.05, 4.69) is 24.4 Å². The molecule has 0 amide bonds. The Morgan fingerprint density at radius 2 is 1.90 bits per heavy atom. The Morgan fingerprint density at radius 3 is 2.55 bits per heavy atom. The van der Waals surface area contributed by atoms with E-state index in [4.69, 9.17) is 0 Å². The van der Waals surface area contributed by atoms with E-state index in [1.807, 2.05) is 24.3 Å². The molecule has 2 rings (SSSR count). The molecular weight excluding hydrogens is 252 g/mol. The van der Waals surface area contributed by atoms with Gasteiger partial charge in [-0.1, -0.05) is 43.3 Å². The molecule has 0 spiro atoms. The van der Waals surface area contributed by atoms with Crippen LogP contribution in [0.2, 0.25) is 0 Å². The number of hydrogen-bond donors (Lipinski definition) is 1. The Hall–Kier alpha value is -2.36. The number of non-ortho nitro benzene ring substituents is 1. The Bertz CT molecular complexity index is 570. The number of benzene rings is 2. The summed E-state index contributed by atoms with van der Waals surface area (Å²) in [7, 11) is 0. The summed E-state index contributed by atoms with van der Waals surface area (Å²) in [5.41, 5.74) is 2.17. The molecule has 0 radical (unpaired) electrons. The molecule has 0 aromatic heterocycles. The average Bonchev–Trinajstić information content (AvgIpc) is 2.48. The number of nitro benzene ring substituents is 1. The summed E-state index contributed by atoms with van der Waals surface area (Å²) in [5, 5.41) is 14.1. The van der Waals surface area contributed by atoms with Crippen molar-refractivity contribution in [3.8, 4) is 0 Å². The molecule has 4 heteroatoms. The van der Waals surface area contributed by atoms with E-state index in [0.29, 0.717) is 0 Å². The zero-order valence-electron chi connectivity index (χ0n) is 11.5. The molecule has 1 atom stereocenters. The van der Waals surface area contributed by atoms with E-state index in [-0.39, 0.29) is 16.7 Å². The lowest BCUT2D eigenvalue weighted by Crippen LogP contribution is -2.21. The minimum atomic E-state index is -0.372. The number of hydrogen-bond acceptors (Lipinski definition) is 3. The van der Waals surface area contributed by atoms with Gasteiger partial charge >= 0.3 is 0 Å². The summed E-state index contributed by atoms with van der Waals surface area (Å²) in [6.45, 7) is 2.11. The highest BCUT2D eigenvalue weighted by Crippen LogP contribution is 2.19. The Morgan fingerprint density at radius 1 is 1.15 bits per heavy atom. The fraction of sp³-hybridized carbons (Fsp3) is 0.250. The topological polar surface area (TPSA) is 55.2 Å². The molecule has 0 saturated heterocycles.